The maximum atomic E-state index is 5.89. The van der Waals surface area contributed by atoms with Gasteiger partial charge >= 0.3 is 0 Å². The molecule has 0 saturated heterocycles. The monoisotopic (exact) mass is 270 g/mol. The third-order valence-corrected chi connectivity index (χ3v) is 3.79. The number of hydrogen-bond acceptors (Lipinski definition) is 3. The molecule has 3 heteroatoms. The summed E-state index contributed by atoms with van der Waals surface area (Å²) in [5, 5.41) is 3.51. The first kappa shape index (κ1) is 13.4. The van der Waals surface area contributed by atoms with E-state index in [9.17, 15) is 0 Å². The molecule has 20 heavy (non-hydrogen) atoms. The minimum absolute atomic E-state index is 0.782. The van der Waals surface area contributed by atoms with Gasteiger partial charge in [-0.1, -0.05) is 17.7 Å². The third kappa shape index (κ3) is 3.28. The van der Waals surface area contributed by atoms with Crippen molar-refractivity contribution >= 4 is 0 Å². The van der Waals surface area contributed by atoms with E-state index in [2.05, 4.69) is 42.3 Å². The Morgan fingerprint density at radius 3 is 2.95 bits per heavy atom. The van der Waals surface area contributed by atoms with Crippen LogP contribution in [0.2, 0.25) is 0 Å². The van der Waals surface area contributed by atoms with Crippen molar-refractivity contribution in [1.82, 2.24) is 10.3 Å². The van der Waals surface area contributed by atoms with Gasteiger partial charge in [0.2, 0.25) is 0 Å². The molecule has 0 radical (unpaired) electrons. The van der Waals surface area contributed by atoms with Crippen molar-refractivity contribution in [2.45, 2.75) is 45.6 Å². The van der Waals surface area contributed by atoms with E-state index in [1.165, 1.54) is 24.0 Å². The summed E-state index contributed by atoms with van der Waals surface area (Å²) in [7, 11) is 0. The summed E-state index contributed by atoms with van der Waals surface area (Å²) in [6.45, 7) is 5.27. The van der Waals surface area contributed by atoms with Crippen LogP contribution in [0.25, 0.3) is 11.3 Å². The van der Waals surface area contributed by atoms with E-state index in [4.69, 9.17) is 4.42 Å². The lowest BCUT2D eigenvalue weighted by Crippen LogP contribution is -2.17. The minimum Gasteiger partial charge on any atom is -0.441 e. The van der Waals surface area contributed by atoms with Gasteiger partial charge in [-0.05, 0) is 51.3 Å². The van der Waals surface area contributed by atoms with Crippen LogP contribution in [-0.2, 0) is 6.42 Å². The predicted molar refractivity (Wildman–Crippen MR) is 80.8 cm³/mol. The van der Waals surface area contributed by atoms with Crippen LogP contribution >= 0.6 is 0 Å². The Morgan fingerprint density at radius 2 is 2.15 bits per heavy atom. The average molecular weight is 270 g/mol. The molecule has 0 amide bonds. The second-order valence-electron chi connectivity index (χ2n) is 5.77. The fraction of sp³-hybridized carbons (Fsp3) is 0.471. The smallest absolute Gasteiger partial charge is 0.194 e. The molecule has 3 rings (SSSR count). The summed E-state index contributed by atoms with van der Waals surface area (Å²) in [6.07, 6.45) is 6.53. The van der Waals surface area contributed by atoms with Crippen molar-refractivity contribution in [3.05, 3.63) is 41.4 Å². The molecule has 0 unspecified atom stereocenters. The number of rotatable bonds is 6. The SMILES string of the molecule is Cc1ccc(C)c(-c2cnc(CCCNC3CC3)o2)c1. The minimum atomic E-state index is 0.782. The average Bonchev–Trinajstić information content (AvgIpc) is 3.15. The largest absolute Gasteiger partial charge is 0.441 e. The number of benzene rings is 1. The summed E-state index contributed by atoms with van der Waals surface area (Å²) in [4.78, 5) is 4.40. The zero-order valence-corrected chi connectivity index (χ0v) is 12.3. The normalized spacial score (nSPS) is 14.7. The van der Waals surface area contributed by atoms with Crippen LogP contribution in [0.1, 0.15) is 36.3 Å². The molecule has 3 nitrogen and oxygen atoms in total. The fourth-order valence-electron chi connectivity index (χ4n) is 2.38. The van der Waals surface area contributed by atoms with E-state index < -0.39 is 0 Å². The summed E-state index contributed by atoms with van der Waals surface area (Å²) < 4.78 is 5.89. The van der Waals surface area contributed by atoms with Crippen molar-refractivity contribution < 1.29 is 4.42 Å². The second-order valence-corrected chi connectivity index (χ2v) is 5.77. The van der Waals surface area contributed by atoms with E-state index in [1.807, 2.05) is 6.20 Å². The van der Waals surface area contributed by atoms with Gasteiger partial charge in [0.25, 0.3) is 0 Å². The highest BCUT2D eigenvalue weighted by Gasteiger charge is 2.19. The molecule has 0 spiro atoms. The summed E-state index contributed by atoms with van der Waals surface area (Å²) >= 11 is 0. The van der Waals surface area contributed by atoms with Crippen molar-refractivity contribution in [2.24, 2.45) is 0 Å². The van der Waals surface area contributed by atoms with E-state index in [0.29, 0.717) is 0 Å². The molecule has 2 aromatic rings. The lowest BCUT2D eigenvalue weighted by Gasteiger charge is -2.03. The highest BCUT2D eigenvalue weighted by Crippen LogP contribution is 2.25. The molecule has 1 aliphatic carbocycles. The molecule has 0 aliphatic heterocycles. The highest BCUT2D eigenvalue weighted by molar-refractivity contribution is 5.62. The van der Waals surface area contributed by atoms with E-state index in [0.717, 1.165) is 42.6 Å². The number of nitrogens with one attached hydrogen (secondary N) is 1. The topological polar surface area (TPSA) is 38.1 Å². The Bertz CT molecular complexity index is 584. The Kier molecular flexibility index (Phi) is 3.88. The molecule has 1 N–H and O–H groups in total. The molecule has 0 atom stereocenters. The van der Waals surface area contributed by atoms with Gasteiger partial charge in [0.05, 0.1) is 6.20 Å². The third-order valence-electron chi connectivity index (χ3n) is 3.79. The zero-order chi connectivity index (χ0) is 13.9. The van der Waals surface area contributed by atoms with Gasteiger partial charge in [-0.3, -0.25) is 0 Å². The predicted octanol–water partition coefficient (Wildman–Crippen LogP) is 3.64. The second kappa shape index (κ2) is 5.80. The lowest BCUT2D eigenvalue weighted by atomic mass is 10.0. The number of oxazole rings is 1. The molecule has 1 fully saturated rings. The van der Waals surface area contributed by atoms with Gasteiger partial charge in [-0.2, -0.15) is 0 Å². The van der Waals surface area contributed by atoms with Gasteiger partial charge in [0, 0.05) is 18.0 Å². The molecule has 106 valence electrons. The van der Waals surface area contributed by atoms with Gasteiger partial charge in [0.1, 0.15) is 0 Å². The Labute approximate surface area is 120 Å². The summed E-state index contributed by atoms with van der Waals surface area (Å²) in [5.41, 5.74) is 3.63. The molecule has 1 aromatic heterocycles. The van der Waals surface area contributed by atoms with E-state index in [1.54, 1.807) is 0 Å². The molecular formula is C17H22N2O. The molecular weight excluding hydrogens is 248 g/mol. The standard InChI is InChI=1S/C17H22N2O/c1-12-5-6-13(2)15(10-12)16-11-19-17(20-16)4-3-9-18-14-7-8-14/h5-6,10-11,14,18H,3-4,7-9H2,1-2H3. The molecule has 1 aliphatic rings. The lowest BCUT2D eigenvalue weighted by molar-refractivity contribution is 0.491. The Morgan fingerprint density at radius 1 is 1.30 bits per heavy atom. The Hall–Kier alpha value is -1.61. The molecule has 1 heterocycles. The zero-order valence-electron chi connectivity index (χ0n) is 12.3. The van der Waals surface area contributed by atoms with Crippen molar-refractivity contribution in [2.75, 3.05) is 6.54 Å². The summed E-state index contributed by atoms with van der Waals surface area (Å²) in [6, 6.07) is 7.20. The highest BCUT2D eigenvalue weighted by atomic mass is 16.4. The first-order valence-corrected chi connectivity index (χ1v) is 7.48. The maximum Gasteiger partial charge on any atom is 0.194 e. The van der Waals surface area contributed by atoms with Crippen LogP contribution in [0.15, 0.2) is 28.8 Å². The Balaban J connectivity index is 1.61. The molecule has 1 saturated carbocycles. The van der Waals surface area contributed by atoms with Gasteiger partial charge in [-0.25, -0.2) is 4.98 Å². The number of aromatic nitrogens is 1. The van der Waals surface area contributed by atoms with E-state index in [-0.39, 0.29) is 0 Å². The first-order chi connectivity index (χ1) is 9.72. The van der Waals surface area contributed by atoms with Gasteiger partial charge < -0.3 is 9.73 Å². The molecule has 0 bridgehead atoms. The van der Waals surface area contributed by atoms with Gasteiger partial charge in [-0.15, -0.1) is 0 Å². The maximum absolute atomic E-state index is 5.89. The van der Waals surface area contributed by atoms with Crippen LogP contribution in [-0.4, -0.2) is 17.6 Å². The van der Waals surface area contributed by atoms with Crippen LogP contribution < -0.4 is 5.32 Å². The van der Waals surface area contributed by atoms with Crippen LogP contribution in [0.5, 0.6) is 0 Å². The first-order valence-electron chi connectivity index (χ1n) is 7.48. The van der Waals surface area contributed by atoms with Crippen molar-refractivity contribution in [3.8, 4) is 11.3 Å². The van der Waals surface area contributed by atoms with E-state index >= 15 is 0 Å². The summed E-state index contributed by atoms with van der Waals surface area (Å²) in [5.74, 6) is 1.73. The van der Waals surface area contributed by atoms with Crippen molar-refractivity contribution in [3.63, 3.8) is 0 Å². The number of aryl methyl sites for hydroxylation is 3. The van der Waals surface area contributed by atoms with Crippen LogP contribution in [0.4, 0.5) is 0 Å². The van der Waals surface area contributed by atoms with Crippen LogP contribution in [0.3, 0.4) is 0 Å². The van der Waals surface area contributed by atoms with Crippen LogP contribution in [0, 0.1) is 13.8 Å². The number of nitrogens with zero attached hydrogens (tertiary/aromatic N) is 1. The number of hydrogen-bond donors (Lipinski definition) is 1. The van der Waals surface area contributed by atoms with Gasteiger partial charge in [0.15, 0.2) is 11.7 Å². The fourth-order valence-corrected chi connectivity index (χ4v) is 2.38. The molecule has 1 aromatic carbocycles. The van der Waals surface area contributed by atoms with Crippen molar-refractivity contribution in [1.29, 1.82) is 0 Å². The quantitative estimate of drug-likeness (QED) is 0.814.